The Morgan fingerprint density at radius 3 is 2.50 bits per heavy atom. The van der Waals surface area contributed by atoms with E-state index in [2.05, 4.69) is 0 Å². The van der Waals surface area contributed by atoms with Gasteiger partial charge in [0, 0.05) is 17.6 Å². The first-order valence-corrected chi connectivity index (χ1v) is 8.85. The van der Waals surface area contributed by atoms with Crippen molar-refractivity contribution in [2.45, 2.75) is 51.0 Å². The van der Waals surface area contributed by atoms with Gasteiger partial charge in [-0.1, -0.05) is 43.0 Å². The van der Waals surface area contributed by atoms with Crippen molar-refractivity contribution in [2.24, 2.45) is 0 Å². The maximum absolute atomic E-state index is 12.7. The summed E-state index contributed by atoms with van der Waals surface area (Å²) in [6, 6.07) is 6.85. The predicted molar refractivity (Wildman–Crippen MR) is 90.6 cm³/mol. The SMILES string of the molecule is O=C1CC(=O)N(C2CCCCC2)C(=O)N1CCc1cccc(Cl)c1. The molecule has 24 heavy (non-hydrogen) atoms. The van der Waals surface area contributed by atoms with Gasteiger partial charge in [-0.2, -0.15) is 0 Å². The number of amides is 4. The molecule has 0 atom stereocenters. The van der Waals surface area contributed by atoms with Gasteiger partial charge in [0.25, 0.3) is 0 Å². The van der Waals surface area contributed by atoms with E-state index in [1.54, 1.807) is 6.07 Å². The van der Waals surface area contributed by atoms with Crippen molar-refractivity contribution in [1.29, 1.82) is 0 Å². The number of halogens is 1. The number of carbonyl (C=O) groups is 3. The largest absolute Gasteiger partial charge is 0.333 e. The summed E-state index contributed by atoms with van der Waals surface area (Å²) in [5.41, 5.74) is 0.962. The molecule has 1 saturated carbocycles. The number of imide groups is 2. The molecule has 0 aromatic heterocycles. The van der Waals surface area contributed by atoms with Gasteiger partial charge in [-0.3, -0.25) is 19.4 Å². The molecule has 2 aliphatic rings. The Hall–Kier alpha value is -1.88. The van der Waals surface area contributed by atoms with E-state index in [4.69, 9.17) is 11.6 Å². The highest BCUT2D eigenvalue weighted by atomic mass is 35.5. The molecular formula is C18H21ClN2O3. The smallest absolute Gasteiger partial charge is 0.274 e. The van der Waals surface area contributed by atoms with Gasteiger partial charge >= 0.3 is 6.03 Å². The van der Waals surface area contributed by atoms with Gasteiger partial charge in [-0.25, -0.2) is 4.79 Å². The van der Waals surface area contributed by atoms with Crippen LogP contribution in [0, 0.1) is 0 Å². The second-order valence-corrected chi connectivity index (χ2v) is 6.88. The second-order valence-electron chi connectivity index (χ2n) is 6.44. The molecule has 1 heterocycles. The number of carbonyl (C=O) groups excluding carboxylic acids is 3. The molecule has 0 radical (unpaired) electrons. The molecular weight excluding hydrogens is 328 g/mol. The number of hydrogen-bond donors (Lipinski definition) is 0. The number of benzene rings is 1. The fourth-order valence-corrected chi connectivity index (χ4v) is 3.72. The van der Waals surface area contributed by atoms with E-state index in [-0.39, 0.29) is 24.9 Å². The van der Waals surface area contributed by atoms with Crippen LogP contribution in [0.15, 0.2) is 24.3 Å². The van der Waals surface area contributed by atoms with E-state index >= 15 is 0 Å². The van der Waals surface area contributed by atoms with Crippen LogP contribution in [0.5, 0.6) is 0 Å². The van der Waals surface area contributed by atoms with E-state index < -0.39 is 11.9 Å². The van der Waals surface area contributed by atoms with Gasteiger partial charge in [0.2, 0.25) is 11.8 Å². The number of hydrogen-bond acceptors (Lipinski definition) is 3. The van der Waals surface area contributed by atoms with Crippen LogP contribution < -0.4 is 0 Å². The van der Waals surface area contributed by atoms with Crippen LogP contribution >= 0.6 is 11.6 Å². The molecule has 128 valence electrons. The third-order valence-electron chi connectivity index (χ3n) is 4.76. The van der Waals surface area contributed by atoms with Crippen molar-refractivity contribution in [3.05, 3.63) is 34.9 Å². The minimum absolute atomic E-state index is 0.0551. The Balaban J connectivity index is 1.70. The molecule has 1 aliphatic carbocycles. The van der Waals surface area contributed by atoms with Crippen molar-refractivity contribution in [1.82, 2.24) is 9.80 Å². The van der Waals surface area contributed by atoms with Crippen molar-refractivity contribution in [3.63, 3.8) is 0 Å². The standard InChI is InChI=1S/C18H21ClN2O3/c19-14-6-4-5-13(11-14)9-10-20-16(22)12-17(23)21(18(20)24)15-7-2-1-3-8-15/h4-6,11,15H,1-3,7-10,12H2. The number of urea groups is 1. The van der Waals surface area contributed by atoms with Crippen LogP contribution in [0.4, 0.5) is 4.79 Å². The summed E-state index contributed by atoms with van der Waals surface area (Å²) in [6.45, 7) is 0.272. The monoisotopic (exact) mass is 348 g/mol. The molecule has 6 heteroatoms. The van der Waals surface area contributed by atoms with Crippen molar-refractivity contribution in [2.75, 3.05) is 6.54 Å². The minimum Gasteiger partial charge on any atom is -0.274 e. The molecule has 4 amide bonds. The van der Waals surface area contributed by atoms with Crippen molar-refractivity contribution >= 4 is 29.4 Å². The lowest BCUT2D eigenvalue weighted by molar-refractivity contribution is -0.144. The van der Waals surface area contributed by atoms with E-state index in [0.29, 0.717) is 11.4 Å². The van der Waals surface area contributed by atoms with Crippen LogP contribution in [0.2, 0.25) is 5.02 Å². The highest BCUT2D eigenvalue weighted by Crippen LogP contribution is 2.26. The normalized spacial score (nSPS) is 20.0. The molecule has 1 aliphatic heterocycles. The molecule has 0 spiro atoms. The summed E-state index contributed by atoms with van der Waals surface area (Å²) in [4.78, 5) is 39.7. The Bertz CT molecular complexity index is 655. The molecule has 3 rings (SSSR count). The van der Waals surface area contributed by atoms with Crippen LogP contribution in [0.1, 0.15) is 44.1 Å². The summed E-state index contributed by atoms with van der Waals surface area (Å²) in [6.07, 6.45) is 5.20. The van der Waals surface area contributed by atoms with Crippen LogP contribution in [0.25, 0.3) is 0 Å². The van der Waals surface area contributed by atoms with E-state index in [1.807, 2.05) is 18.2 Å². The third kappa shape index (κ3) is 3.61. The topological polar surface area (TPSA) is 57.7 Å². The average molecular weight is 349 g/mol. The van der Waals surface area contributed by atoms with Gasteiger partial charge in [0.1, 0.15) is 6.42 Å². The van der Waals surface area contributed by atoms with Crippen LogP contribution in [0.3, 0.4) is 0 Å². The van der Waals surface area contributed by atoms with Crippen molar-refractivity contribution in [3.8, 4) is 0 Å². The quantitative estimate of drug-likeness (QED) is 0.783. The van der Waals surface area contributed by atoms with E-state index in [9.17, 15) is 14.4 Å². The highest BCUT2D eigenvalue weighted by molar-refractivity contribution is 6.30. The maximum Gasteiger partial charge on any atom is 0.333 e. The van der Waals surface area contributed by atoms with Gasteiger partial charge in [-0.05, 0) is 37.0 Å². The van der Waals surface area contributed by atoms with E-state index in [1.165, 1.54) is 9.80 Å². The Kier molecular flexibility index (Phi) is 5.19. The summed E-state index contributed by atoms with van der Waals surface area (Å²) in [5.74, 6) is -0.755. The maximum atomic E-state index is 12.7. The zero-order valence-electron chi connectivity index (χ0n) is 13.5. The number of nitrogens with zero attached hydrogens (tertiary/aromatic N) is 2. The van der Waals surface area contributed by atoms with Crippen molar-refractivity contribution < 1.29 is 14.4 Å². The molecule has 1 aromatic rings. The molecule has 0 N–H and O–H groups in total. The first-order chi connectivity index (χ1) is 11.6. The molecule has 2 fully saturated rings. The fraction of sp³-hybridized carbons (Fsp3) is 0.500. The summed E-state index contributed by atoms with van der Waals surface area (Å²) >= 11 is 5.97. The number of rotatable bonds is 4. The first kappa shape index (κ1) is 17.0. The second kappa shape index (κ2) is 7.34. The number of barbiturate groups is 1. The predicted octanol–water partition coefficient (Wildman–Crippen LogP) is 3.40. The molecule has 1 saturated heterocycles. The van der Waals surface area contributed by atoms with Gasteiger partial charge in [0.15, 0.2) is 0 Å². The fourth-order valence-electron chi connectivity index (χ4n) is 3.51. The lowest BCUT2D eigenvalue weighted by Crippen LogP contribution is -2.58. The summed E-state index contributed by atoms with van der Waals surface area (Å²) in [5, 5.41) is 0.628. The van der Waals surface area contributed by atoms with Gasteiger partial charge < -0.3 is 0 Å². The third-order valence-corrected chi connectivity index (χ3v) is 5.00. The van der Waals surface area contributed by atoms with Crippen LogP contribution in [-0.2, 0) is 16.0 Å². The van der Waals surface area contributed by atoms with Gasteiger partial charge in [-0.15, -0.1) is 0 Å². The highest BCUT2D eigenvalue weighted by Gasteiger charge is 2.41. The summed E-state index contributed by atoms with van der Waals surface area (Å²) < 4.78 is 0. The molecule has 0 unspecified atom stereocenters. The van der Waals surface area contributed by atoms with Gasteiger partial charge in [0.05, 0.1) is 0 Å². The Morgan fingerprint density at radius 2 is 1.79 bits per heavy atom. The first-order valence-electron chi connectivity index (χ1n) is 8.47. The minimum atomic E-state index is -0.454. The summed E-state index contributed by atoms with van der Waals surface area (Å²) in [7, 11) is 0. The molecule has 5 nitrogen and oxygen atoms in total. The zero-order valence-corrected chi connectivity index (χ0v) is 14.3. The molecule has 1 aromatic carbocycles. The van der Waals surface area contributed by atoms with Crippen LogP contribution in [-0.4, -0.2) is 40.2 Å². The average Bonchev–Trinajstić information content (AvgIpc) is 2.55. The zero-order chi connectivity index (χ0) is 17.1. The lowest BCUT2D eigenvalue weighted by atomic mass is 9.93. The molecule has 0 bridgehead atoms. The van der Waals surface area contributed by atoms with E-state index in [0.717, 1.165) is 37.7 Å². The lowest BCUT2D eigenvalue weighted by Gasteiger charge is -2.39. The Labute approximate surface area is 146 Å². The Morgan fingerprint density at radius 1 is 1.04 bits per heavy atom.